The van der Waals surface area contributed by atoms with E-state index >= 15 is 0 Å². The molecule has 0 radical (unpaired) electrons. The molecule has 0 aromatic carbocycles. The van der Waals surface area contributed by atoms with Crippen LogP contribution in [0, 0.1) is 0 Å². The van der Waals surface area contributed by atoms with Gasteiger partial charge >= 0.3 is 0 Å². The van der Waals surface area contributed by atoms with Crippen LogP contribution >= 0.6 is 0 Å². The normalized spacial score (nSPS) is 14.5. The molecule has 0 aliphatic heterocycles. The molecule has 0 saturated heterocycles. The van der Waals surface area contributed by atoms with Crippen molar-refractivity contribution in [2.45, 2.75) is 33.2 Å². The molecule has 0 bridgehead atoms. The van der Waals surface area contributed by atoms with Crippen molar-refractivity contribution < 1.29 is 10.2 Å². The minimum atomic E-state index is -0.625. The molecule has 2 unspecified atom stereocenters. The first-order valence-corrected chi connectivity index (χ1v) is 3.23. The summed E-state index contributed by atoms with van der Waals surface area (Å²) < 4.78 is 0. The summed E-state index contributed by atoms with van der Waals surface area (Å²) >= 11 is 0. The maximum Gasteiger partial charge on any atom is 0.103 e. The first-order valence-electron chi connectivity index (χ1n) is 3.23. The maximum atomic E-state index is 8.45. The fourth-order valence-electron chi connectivity index (χ4n) is 0.349. The highest BCUT2D eigenvalue weighted by atomic mass is 16.3. The van der Waals surface area contributed by atoms with Crippen LogP contribution in [0.25, 0.3) is 0 Å². The lowest BCUT2D eigenvalue weighted by Crippen LogP contribution is -2.33. The molecule has 0 aromatic heterocycles. The minimum absolute atomic E-state index is 0.625. The zero-order chi connectivity index (χ0) is 8.57. The lowest BCUT2D eigenvalue weighted by atomic mass is 10.6. The summed E-state index contributed by atoms with van der Waals surface area (Å²) in [6.07, 6.45) is 0.500. The van der Waals surface area contributed by atoms with Crippen LogP contribution in [-0.2, 0) is 0 Å². The number of allylic oxidation sites excluding steroid dienone is 1. The molecule has 3 nitrogen and oxygen atoms in total. The Morgan fingerprint density at radius 3 is 1.50 bits per heavy atom. The molecule has 0 aliphatic carbocycles. The lowest BCUT2D eigenvalue weighted by Gasteiger charge is -2.08. The van der Waals surface area contributed by atoms with Crippen LogP contribution < -0.4 is 5.32 Å². The second-order valence-corrected chi connectivity index (χ2v) is 1.93. The van der Waals surface area contributed by atoms with E-state index in [0.29, 0.717) is 0 Å². The molecular weight excluding hydrogens is 130 g/mol. The van der Waals surface area contributed by atoms with Gasteiger partial charge in [-0.3, -0.25) is 5.32 Å². The van der Waals surface area contributed by atoms with Crippen molar-refractivity contribution in [1.29, 1.82) is 0 Å². The molecule has 3 N–H and O–H groups in total. The van der Waals surface area contributed by atoms with Gasteiger partial charge in [-0.2, -0.15) is 0 Å². The fourth-order valence-corrected chi connectivity index (χ4v) is 0.349. The second-order valence-electron chi connectivity index (χ2n) is 1.93. The van der Waals surface area contributed by atoms with E-state index in [1.807, 2.05) is 6.92 Å². The van der Waals surface area contributed by atoms with Crippen molar-refractivity contribution >= 4 is 0 Å². The Bertz CT molecular complexity index is 66.0. The number of aliphatic hydroxyl groups excluding tert-OH is 2. The van der Waals surface area contributed by atoms with Crippen LogP contribution in [0.4, 0.5) is 0 Å². The van der Waals surface area contributed by atoms with Gasteiger partial charge in [-0.25, -0.2) is 0 Å². The second kappa shape index (κ2) is 8.62. The quantitative estimate of drug-likeness (QED) is 0.392. The van der Waals surface area contributed by atoms with E-state index in [0.717, 1.165) is 0 Å². The van der Waals surface area contributed by atoms with E-state index in [1.54, 1.807) is 19.9 Å². The predicted molar refractivity (Wildman–Crippen MR) is 42.4 cm³/mol. The topological polar surface area (TPSA) is 52.5 Å². The Labute approximate surface area is 62.4 Å². The SMILES string of the molecule is C=CC.CC(O)NC(C)O. The fraction of sp³-hybridized carbons (Fsp3) is 0.714. The third-order valence-electron chi connectivity index (χ3n) is 0.482. The monoisotopic (exact) mass is 147 g/mol. The van der Waals surface area contributed by atoms with E-state index in [4.69, 9.17) is 10.2 Å². The summed E-state index contributed by atoms with van der Waals surface area (Å²) in [5, 5.41) is 19.3. The Morgan fingerprint density at radius 2 is 1.50 bits per heavy atom. The van der Waals surface area contributed by atoms with Gasteiger partial charge in [-0.1, -0.05) is 6.08 Å². The third-order valence-corrected chi connectivity index (χ3v) is 0.482. The first-order chi connectivity index (χ1) is 4.54. The summed E-state index contributed by atoms with van der Waals surface area (Å²) in [6, 6.07) is 0. The van der Waals surface area contributed by atoms with Crippen LogP contribution in [0.2, 0.25) is 0 Å². The van der Waals surface area contributed by atoms with Gasteiger partial charge in [0.25, 0.3) is 0 Å². The predicted octanol–water partition coefficient (Wildman–Crippen LogP) is 0.445. The summed E-state index contributed by atoms with van der Waals surface area (Å²) in [4.78, 5) is 0. The van der Waals surface area contributed by atoms with Gasteiger partial charge in [0.05, 0.1) is 0 Å². The first kappa shape index (κ1) is 12.3. The van der Waals surface area contributed by atoms with Crippen molar-refractivity contribution in [3.63, 3.8) is 0 Å². The summed E-state index contributed by atoms with van der Waals surface area (Å²) in [6.45, 7) is 8.35. The highest BCUT2D eigenvalue weighted by Crippen LogP contribution is 1.74. The molecular formula is C7H17NO2. The average molecular weight is 147 g/mol. The van der Waals surface area contributed by atoms with Crippen molar-refractivity contribution in [2.75, 3.05) is 0 Å². The van der Waals surface area contributed by atoms with Gasteiger partial charge in [-0.15, -0.1) is 6.58 Å². The maximum absolute atomic E-state index is 8.45. The molecule has 0 heterocycles. The molecule has 0 saturated carbocycles. The third kappa shape index (κ3) is 25.5. The Hall–Kier alpha value is -0.380. The van der Waals surface area contributed by atoms with Gasteiger partial charge < -0.3 is 10.2 Å². The van der Waals surface area contributed by atoms with Crippen molar-refractivity contribution in [2.24, 2.45) is 0 Å². The Balaban J connectivity index is 0. The van der Waals surface area contributed by atoms with Crippen LogP contribution in [0.5, 0.6) is 0 Å². The Morgan fingerprint density at radius 1 is 1.30 bits per heavy atom. The van der Waals surface area contributed by atoms with Crippen molar-refractivity contribution in [3.05, 3.63) is 12.7 Å². The van der Waals surface area contributed by atoms with Crippen molar-refractivity contribution in [1.82, 2.24) is 5.32 Å². The number of hydrogen-bond acceptors (Lipinski definition) is 3. The Kier molecular flexibility index (Phi) is 10.6. The summed E-state index contributed by atoms with van der Waals surface area (Å²) in [7, 11) is 0. The van der Waals surface area contributed by atoms with Crippen LogP contribution in [-0.4, -0.2) is 22.7 Å². The highest BCUT2D eigenvalue weighted by Gasteiger charge is 1.95. The van der Waals surface area contributed by atoms with Gasteiger partial charge in [0, 0.05) is 0 Å². The summed E-state index contributed by atoms with van der Waals surface area (Å²) in [5.74, 6) is 0. The molecule has 0 aromatic rings. The van der Waals surface area contributed by atoms with Gasteiger partial charge in [0.15, 0.2) is 0 Å². The van der Waals surface area contributed by atoms with E-state index in [-0.39, 0.29) is 0 Å². The van der Waals surface area contributed by atoms with Gasteiger partial charge in [0.2, 0.25) is 0 Å². The van der Waals surface area contributed by atoms with Crippen molar-refractivity contribution in [3.8, 4) is 0 Å². The van der Waals surface area contributed by atoms with Gasteiger partial charge in [0.1, 0.15) is 12.5 Å². The van der Waals surface area contributed by atoms with E-state index in [1.165, 1.54) is 0 Å². The van der Waals surface area contributed by atoms with Crippen LogP contribution in [0.3, 0.4) is 0 Å². The molecule has 3 heteroatoms. The van der Waals surface area contributed by atoms with Gasteiger partial charge in [-0.05, 0) is 20.8 Å². The molecule has 0 rings (SSSR count). The van der Waals surface area contributed by atoms with E-state index < -0.39 is 12.5 Å². The molecule has 62 valence electrons. The summed E-state index contributed by atoms with van der Waals surface area (Å²) in [5.41, 5.74) is 0. The standard InChI is InChI=1S/C4H11NO2.C3H6/c1-3(6)5-4(2)7;1-3-2/h3-7H,1-2H3;3H,1H2,2H3. The largest absolute Gasteiger partial charge is 0.379 e. The molecule has 0 fully saturated rings. The number of rotatable bonds is 2. The zero-order valence-electron chi connectivity index (χ0n) is 6.83. The molecule has 0 aliphatic rings. The molecule has 0 spiro atoms. The lowest BCUT2D eigenvalue weighted by molar-refractivity contribution is 0.0632. The average Bonchev–Trinajstić information content (AvgIpc) is 1.62. The van der Waals surface area contributed by atoms with Crippen LogP contribution in [0.1, 0.15) is 20.8 Å². The van der Waals surface area contributed by atoms with Crippen LogP contribution in [0.15, 0.2) is 12.7 Å². The zero-order valence-corrected chi connectivity index (χ0v) is 6.83. The molecule has 10 heavy (non-hydrogen) atoms. The molecule has 2 atom stereocenters. The number of nitrogens with one attached hydrogen (secondary N) is 1. The smallest absolute Gasteiger partial charge is 0.103 e. The molecule has 0 amide bonds. The number of hydrogen-bond donors (Lipinski definition) is 3. The van der Waals surface area contributed by atoms with E-state index in [2.05, 4.69) is 11.9 Å². The highest BCUT2D eigenvalue weighted by molar-refractivity contribution is 4.51. The van der Waals surface area contributed by atoms with E-state index in [9.17, 15) is 0 Å². The minimum Gasteiger partial charge on any atom is -0.379 e. The number of aliphatic hydroxyl groups is 2.